The molecule has 0 amide bonds. The Morgan fingerprint density at radius 1 is 1.45 bits per heavy atom. The van der Waals surface area contributed by atoms with Gasteiger partial charge in [-0.05, 0) is 24.4 Å². The van der Waals surface area contributed by atoms with Gasteiger partial charge < -0.3 is 10.1 Å². The van der Waals surface area contributed by atoms with Crippen LogP contribution in [0.25, 0.3) is 0 Å². The topological polar surface area (TPSA) is 77.3 Å². The van der Waals surface area contributed by atoms with E-state index in [-0.39, 0.29) is 11.6 Å². The minimum atomic E-state index is -0.483. The first-order valence-corrected chi connectivity index (χ1v) is 7.13. The molecule has 0 aliphatic heterocycles. The highest BCUT2D eigenvalue weighted by molar-refractivity contribution is 7.09. The first-order valence-electron chi connectivity index (χ1n) is 6.25. The van der Waals surface area contributed by atoms with Crippen LogP contribution in [0.2, 0.25) is 0 Å². The molecule has 6 nitrogen and oxygen atoms in total. The second-order valence-electron chi connectivity index (χ2n) is 3.99. The molecule has 106 valence electrons. The normalized spacial score (nSPS) is 10.2. The molecule has 0 saturated carbocycles. The van der Waals surface area contributed by atoms with Gasteiger partial charge in [0.05, 0.1) is 11.5 Å². The smallest absolute Gasteiger partial charge is 0.331 e. The molecular formula is C13H15N3O3S. The molecule has 7 heteroatoms. The molecule has 0 aromatic carbocycles. The molecule has 2 rings (SSSR count). The van der Waals surface area contributed by atoms with E-state index < -0.39 is 4.92 Å². The highest BCUT2D eigenvalue weighted by Crippen LogP contribution is 2.26. The number of ether oxygens (including phenoxy) is 1. The Morgan fingerprint density at radius 3 is 2.95 bits per heavy atom. The van der Waals surface area contributed by atoms with Crippen LogP contribution in [-0.2, 0) is 6.42 Å². The van der Waals surface area contributed by atoms with Gasteiger partial charge in [0.2, 0.25) is 0 Å². The van der Waals surface area contributed by atoms with Crippen molar-refractivity contribution in [3.8, 4) is 5.88 Å². The maximum Gasteiger partial charge on any atom is 0.331 e. The number of hydrogen-bond donors (Lipinski definition) is 1. The minimum Gasteiger partial charge on any atom is -0.472 e. The molecule has 0 aliphatic rings. The Bertz CT molecular complexity index is 572. The summed E-state index contributed by atoms with van der Waals surface area (Å²) < 4.78 is 5.47. The fourth-order valence-corrected chi connectivity index (χ4v) is 2.35. The van der Waals surface area contributed by atoms with Gasteiger partial charge in [-0.25, -0.2) is 0 Å². The summed E-state index contributed by atoms with van der Waals surface area (Å²) in [6.45, 7) is 2.99. The van der Waals surface area contributed by atoms with E-state index in [0.717, 1.165) is 0 Å². The van der Waals surface area contributed by atoms with Crippen LogP contribution in [0.15, 0.2) is 29.6 Å². The summed E-state index contributed by atoms with van der Waals surface area (Å²) in [6.07, 6.45) is 0.710. The highest BCUT2D eigenvalue weighted by Gasteiger charge is 2.17. The fourth-order valence-electron chi connectivity index (χ4n) is 1.66. The zero-order chi connectivity index (χ0) is 14.4. The zero-order valence-corrected chi connectivity index (χ0v) is 11.9. The standard InChI is InChI=1S/C13H15N3O3S/c1-2-14-12-6-5-11(16(17)18)13(15-12)19-8-7-10-4-3-9-20-10/h3-6,9H,2,7-8H2,1H3,(H,14,15). The Kier molecular flexibility index (Phi) is 4.89. The third kappa shape index (κ3) is 3.67. The molecular weight excluding hydrogens is 278 g/mol. The lowest BCUT2D eigenvalue weighted by molar-refractivity contribution is -0.386. The third-order valence-corrected chi connectivity index (χ3v) is 3.50. The molecule has 2 heterocycles. The number of nitro groups is 1. The van der Waals surface area contributed by atoms with E-state index in [9.17, 15) is 10.1 Å². The van der Waals surface area contributed by atoms with Gasteiger partial charge >= 0.3 is 5.69 Å². The first-order chi connectivity index (χ1) is 9.70. The Balaban J connectivity index is 2.06. The van der Waals surface area contributed by atoms with E-state index in [1.165, 1.54) is 10.9 Å². The number of rotatable bonds is 7. The highest BCUT2D eigenvalue weighted by atomic mass is 32.1. The summed E-state index contributed by atoms with van der Waals surface area (Å²) >= 11 is 1.63. The Labute approximate surface area is 120 Å². The van der Waals surface area contributed by atoms with Crippen LogP contribution in [0.1, 0.15) is 11.8 Å². The molecule has 0 radical (unpaired) electrons. The summed E-state index contributed by atoms with van der Waals surface area (Å²) in [5, 5.41) is 15.9. The number of nitrogens with zero attached hydrogens (tertiary/aromatic N) is 2. The van der Waals surface area contributed by atoms with Gasteiger partial charge in [-0.1, -0.05) is 6.07 Å². The van der Waals surface area contributed by atoms with Gasteiger partial charge in [-0.2, -0.15) is 4.98 Å². The van der Waals surface area contributed by atoms with Crippen LogP contribution in [0, 0.1) is 10.1 Å². The minimum absolute atomic E-state index is 0.0602. The van der Waals surface area contributed by atoms with Crippen LogP contribution < -0.4 is 10.1 Å². The van der Waals surface area contributed by atoms with E-state index in [0.29, 0.717) is 25.4 Å². The molecule has 0 saturated heterocycles. The second-order valence-corrected chi connectivity index (χ2v) is 5.02. The van der Waals surface area contributed by atoms with Crippen molar-refractivity contribution in [2.45, 2.75) is 13.3 Å². The van der Waals surface area contributed by atoms with Gasteiger partial charge in [0.15, 0.2) is 0 Å². The van der Waals surface area contributed by atoms with Crippen molar-refractivity contribution in [1.29, 1.82) is 0 Å². The molecule has 0 unspecified atom stereocenters. The van der Waals surface area contributed by atoms with Crippen molar-refractivity contribution < 1.29 is 9.66 Å². The molecule has 0 bridgehead atoms. The van der Waals surface area contributed by atoms with Crippen LogP contribution in [0.5, 0.6) is 5.88 Å². The number of pyridine rings is 1. The molecule has 1 N–H and O–H groups in total. The van der Waals surface area contributed by atoms with Gasteiger partial charge in [0, 0.05) is 23.9 Å². The summed E-state index contributed by atoms with van der Waals surface area (Å²) in [5.74, 6) is 0.634. The molecule has 0 atom stereocenters. The predicted molar refractivity (Wildman–Crippen MR) is 78.6 cm³/mol. The Hall–Kier alpha value is -2.15. The van der Waals surface area contributed by atoms with E-state index in [4.69, 9.17) is 4.74 Å². The monoisotopic (exact) mass is 293 g/mol. The maximum absolute atomic E-state index is 10.9. The first kappa shape index (κ1) is 14.3. The van der Waals surface area contributed by atoms with Crippen LogP contribution in [-0.4, -0.2) is 23.1 Å². The molecule has 0 fully saturated rings. The van der Waals surface area contributed by atoms with Crippen LogP contribution >= 0.6 is 11.3 Å². The van der Waals surface area contributed by atoms with Gasteiger partial charge in [0.25, 0.3) is 5.88 Å². The zero-order valence-electron chi connectivity index (χ0n) is 11.0. The van der Waals surface area contributed by atoms with E-state index in [1.807, 2.05) is 24.4 Å². The van der Waals surface area contributed by atoms with Gasteiger partial charge in [-0.3, -0.25) is 10.1 Å². The molecule has 0 spiro atoms. The predicted octanol–water partition coefficient (Wildman–Crippen LogP) is 3.10. The van der Waals surface area contributed by atoms with Crippen molar-refractivity contribution in [1.82, 2.24) is 4.98 Å². The van der Waals surface area contributed by atoms with Crippen molar-refractivity contribution in [3.05, 3.63) is 44.6 Å². The molecule has 2 aromatic heterocycles. The van der Waals surface area contributed by atoms with Crippen molar-refractivity contribution in [2.24, 2.45) is 0 Å². The molecule has 20 heavy (non-hydrogen) atoms. The second kappa shape index (κ2) is 6.85. The van der Waals surface area contributed by atoms with E-state index in [1.54, 1.807) is 17.4 Å². The largest absolute Gasteiger partial charge is 0.472 e. The third-order valence-electron chi connectivity index (χ3n) is 2.56. The SMILES string of the molecule is CCNc1ccc([N+](=O)[O-])c(OCCc2cccs2)n1. The van der Waals surface area contributed by atoms with Gasteiger partial charge in [0.1, 0.15) is 5.82 Å². The lowest BCUT2D eigenvalue weighted by Gasteiger charge is -2.07. The number of hydrogen-bond acceptors (Lipinski definition) is 6. The summed E-state index contributed by atoms with van der Waals surface area (Å²) in [5.41, 5.74) is -0.113. The summed E-state index contributed by atoms with van der Waals surface area (Å²) in [6, 6.07) is 6.96. The molecule has 0 aliphatic carbocycles. The summed E-state index contributed by atoms with van der Waals surface area (Å²) in [7, 11) is 0. The fraction of sp³-hybridized carbons (Fsp3) is 0.308. The van der Waals surface area contributed by atoms with Crippen molar-refractivity contribution >= 4 is 22.8 Å². The average Bonchev–Trinajstić information content (AvgIpc) is 2.92. The maximum atomic E-state index is 10.9. The van der Waals surface area contributed by atoms with E-state index in [2.05, 4.69) is 10.3 Å². The number of aromatic nitrogens is 1. The quantitative estimate of drug-likeness (QED) is 0.627. The lowest BCUT2D eigenvalue weighted by Crippen LogP contribution is -2.06. The molecule has 2 aromatic rings. The van der Waals surface area contributed by atoms with E-state index >= 15 is 0 Å². The Morgan fingerprint density at radius 2 is 2.30 bits per heavy atom. The van der Waals surface area contributed by atoms with Crippen LogP contribution in [0.4, 0.5) is 11.5 Å². The number of nitrogens with one attached hydrogen (secondary N) is 1. The number of anilines is 1. The van der Waals surface area contributed by atoms with Crippen molar-refractivity contribution in [3.63, 3.8) is 0 Å². The van der Waals surface area contributed by atoms with Crippen molar-refractivity contribution in [2.75, 3.05) is 18.5 Å². The lowest BCUT2D eigenvalue weighted by atomic mass is 10.3. The number of thiophene rings is 1. The average molecular weight is 293 g/mol. The summed E-state index contributed by atoms with van der Waals surface area (Å²) in [4.78, 5) is 15.8. The van der Waals surface area contributed by atoms with Gasteiger partial charge in [-0.15, -0.1) is 11.3 Å². The van der Waals surface area contributed by atoms with Crippen LogP contribution in [0.3, 0.4) is 0 Å².